The molecule has 1 aromatic carbocycles. The van der Waals surface area contributed by atoms with Gasteiger partial charge in [-0.25, -0.2) is 18.0 Å². The summed E-state index contributed by atoms with van der Waals surface area (Å²) in [6, 6.07) is 4.85. The lowest BCUT2D eigenvalue weighted by molar-refractivity contribution is -0.134. The van der Waals surface area contributed by atoms with E-state index in [1.165, 1.54) is 6.26 Å². The number of amidine groups is 1. The van der Waals surface area contributed by atoms with E-state index in [0.717, 1.165) is 18.9 Å². The third-order valence-electron chi connectivity index (χ3n) is 3.14. The highest BCUT2D eigenvalue weighted by atomic mass is 32.2. The number of carboxylic acid groups (broad SMARTS) is 2. The molecule has 0 radical (unpaired) electrons. The molecule has 4 N–H and O–H groups in total. The molecule has 1 aliphatic rings. The van der Waals surface area contributed by atoms with Crippen LogP contribution in [0.2, 0.25) is 0 Å². The van der Waals surface area contributed by atoms with Gasteiger partial charge in [-0.05, 0) is 12.1 Å². The van der Waals surface area contributed by atoms with Crippen molar-refractivity contribution in [3.05, 3.63) is 30.4 Å². The lowest BCUT2D eigenvalue weighted by Gasteiger charge is -2.12. The third kappa shape index (κ3) is 8.23. The maximum Gasteiger partial charge on any atom is 0.328 e. The summed E-state index contributed by atoms with van der Waals surface area (Å²) in [5.74, 6) is -1.07. The first-order valence-electron chi connectivity index (χ1n) is 7.66. The molecule has 0 fully saturated rings. The van der Waals surface area contributed by atoms with E-state index in [1.54, 1.807) is 25.3 Å². The number of rotatable bonds is 7. The van der Waals surface area contributed by atoms with Crippen molar-refractivity contribution < 1.29 is 33.0 Å². The van der Waals surface area contributed by atoms with E-state index in [9.17, 15) is 18.0 Å². The summed E-state index contributed by atoms with van der Waals surface area (Å²) in [7, 11) is -1.74. The fourth-order valence-electron chi connectivity index (χ4n) is 1.98. The van der Waals surface area contributed by atoms with Crippen molar-refractivity contribution in [1.29, 1.82) is 0 Å². The van der Waals surface area contributed by atoms with Gasteiger partial charge in [0.2, 0.25) is 0 Å². The zero-order chi connectivity index (χ0) is 20.4. The molecule has 0 saturated heterocycles. The van der Waals surface area contributed by atoms with Gasteiger partial charge in [-0.1, -0.05) is 0 Å². The van der Waals surface area contributed by atoms with E-state index in [2.05, 4.69) is 15.6 Å². The number of sulfone groups is 1. The van der Waals surface area contributed by atoms with Crippen LogP contribution < -0.4 is 15.4 Å². The Hall–Kier alpha value is -3.08. The molecule has 0 bridgehead atoms. The first kappa shape index (κ1) is 22.0. The Bertz CT molecular complexity index is 832. The predicted molar refractivity (Wildman–Crippen MR) is 99.3 cm³/mol. The van der Waals surface area contributed by atoms with Gasteiger partial charge in [0.1, 0.15) is 11.6 Å². The number of carbonyl (C=O) groups is 2. The van der Waals surface area contributed by atoms with Crippen LogP contribution in [0.15, 0.2) is 40.2 Å². The molecule has 1 aromatic rings. The van der Waals surface area contributed by atoms with Gasteiger partial charge in [0.25, 0.3) is 0 Å². The molecule has 0 unspecified atom stereocenters. The average molecular weight is 399 g/mol. The summed E-state index contributed by atoms with van der Waals surface area (Å²) < 4.78 is 28.6. The normalized spacial score (nSPS) is 13.2. The fourth-order valence-corrected chi connectivity index (χ4v) is 2.83. The zero-order valence-corrected chi connectivity index (χ0v) is 15.6. The minimum absolute atomic E-state index is 0.256. The Balaban J connectivity index is 0.000000387. The SMILES string of the molecule is COc1ccc(S(C)(=O)=O)c(NCC2=NCCN2)c1.O=C(O)C=CC(=O)O. The van der Waals surface area contributed by atoms with Crippen LogP contribution in [0.3, 0.4) is 0 Å². The fraction of sp³-hybridized carbons (Fsp3) is 0.312. The van der Waals surface area contributed by atoms with Gasteiger partial charge >= 0.3 is 11.9 Å². The second-order valence-corrected chi connectivity index (χ2v) is 7.24. The standard InChI is InChI=1S/C12H17N3O3S.C4H4O4/c1-18-9-3-4-11(19(2,16)17)10(7-9)15-8-12-13-5-6-14-12;5-3(6)1-2-4(7)8/h3-4,7,15H,5-6,8H2,1-2H3,(H,13,14);1-2H,(H,5,6)(H,7,8). The Morgan fingerprint density at radius 1 is 1.30 bits per heavy atom. The summed E-state index contributed by atoms with van der Waals surface area (Å²) in [5.41, 5.74) is 0.526. The van der Waals surface area contributed by atoms with Crippen molar-refractivity contribution in [1.82, 2.24) is 5.32 Å². The maximum atomic E-state index is 11.7. The van der Waals surface area contributed by atoms with Crippen molar-refractivity contribution in [2.24, 2.45) is 4.99 Å². The molecule has 0 amide bonds. The largest absolute Gasteiger partial charge is 0.497 e. The smallest absolute Gasteiger partial charge is 0.328 e. The van der Waals surface area contributed by atoms with Gasteiger partial charge in [-0.2, -0.15) is 0 Å². The number of hydrogen-bond acceptors (Lipinski definition) is 8. The van der Waals surface area contributed by atoms with E-state index in [4.69, 9.17) is 14.9 Å². The van der Waals surface area contributed by atoms with Crippen LogP contribution in [0.1, 0.15) is 0 Å². The van der Waals surface area contributed by atoms with E-state index in [1.807, 2.05) is 0 Å². The number of ether oxygens (including phenoxy) is 1. The van der Waals surface area contributed by atoms with Gasteiger partial charge < -0.3 is 25.6 Å². The molecule has 1 heterocycles. The first-order chi connectivity index (χ1) is 12.6. The molecule has 0 spiro atoms. The Kier molecular flexibility index (Phi) is 8.27. The average Bonchev–Trinajstić information content (AvgIpc) is 3.11. The van der Waals surface area contributed by atoms with Gasteiger partial charge in [0.15, 0.2) is 9.84 Å². The van der Waals surface area contributed by atoms with E-state index in [-0.39, 0.29) is 4.90 Å². The van der Waals surface area contributed by atoms with Crippen molar-refractivity contribution in [3.63, 3.8) is 0 Å². The van der Waals surface area contributed by atoms with Crippen LogP contribution in [0.25, 0.3) is 0 Å². The van der Waals surface area contributed by atoms with Crippen LogP contribution in [-0.2, 0) is 19.4 Å². The van der Waals surface area contributed by atoms with E-state index in [0.29, 0.717) is 30.1 Å². The Morgan fingerprint density at radius 3 is 2.37 bits per heavy atom. The number of benzene rings is 1. The van der Waals surface area contributed by atoms with Gasteiger partial charge in [0, 0.05) is 31.0 Å². The number of carboxylic acids is 2. The molecule has 1 aliphatic heterocycles. The van der Waals surface area contributed by atoms with Crippen molar-refractivity contribution >= 4 is 33.3 Å². The summed E-state index contributed by atoms with van der Waals surface area (Å²) in [6.07, 6.45) is 2.30. The van der Waals surface area contributed by atoms with Crippen LogP contribution in [0, 0.1) is 0 Å². The summed E-state index contributed by atoms with van der Waals surface area (Å²) in [5, 5.41) is 21.8. The number of anilines is 1. The van der Waals surface area contributed by atoms with Crippen LogP contribution in [0.4, 0.5) is 5.69 Å². The lowest BCUT2D eigenvalue weighted by Crippen LogP contribution is -2.26. The predicted octanol–water partition coefficient (Wildman–Crippen LogP) is 0.224. The third-order valence-corrected chi connectivity index (χ3v) is 4.30. The Labute approximate surface area is 156 Å². The highest BCUT2D eigenvalue weighted by molar-refractivity contribution is 7.90. The van der Waals surface area contributed by atoms with Crippen LogP contribution in [0.5, 0.6) is 5.75 Å². The highest BCUT2D eigenvalue weighted by Gasteiger charge is 2.15. The zero-order valence-electron chi connectivity index (χ0n) is 14.8. The first-order valence-corrected chi connectivity index (χ1v) is 9.55. The molecular formula is C16H21N3O7S. The highest BCUT2D eigenvalue weighted by Crippen LogP contribution is 2.26. The van der Waals surface area contributed by atoms with Gasteiger partial charge in [-0.3, -0.25) is 4.99 Å². The van der Waals surface area contributed by atoms with Crippen molar-refractivity contribution in [2.75, 3.05) is 38.3 Å². The molecule has 0 aliphatic carbocycles. The number of methoxy groups -OCH3 is 1. The molecule has 148 valence electrons. The molecule has 11 heteroatoms. The molecule has 0 saturated carbocycles. The quantitative estimate of drug-likeness (QED) is 0.471. The van der Waals surface area contributed by atoms with Gasteiger partial charge in [-0.15, -0.1) is 0 Å². The summed E-state index contributed by atoms with van der Waals surface area (Å²) in [4.78, 5) is 23.6. The Morgan fingerprint density at radius 2 is 1.93 bits per heavy atom. The van der Waals surface area contributed by atoms with Crippen molar-refractivity contribution in [3.8, 4) is 5.75 Å². The van der Waals surface area contributed by atoms with E-state index < -0.39 is 21.8 Å². The summed E-state index contributed by atoms with van der Waals surface area (Å²) >= 11 is 0. The molecule has 27 heavy (non-hydrogen) atoms. The van der Waals surface area contributed by atoms with Crippen LogP contribution >= 0.6 is 0 Å². The summed E-state index contributed by atoms with van der Waals surface area (Å²) in [6.45, 7) is 2.05. The molecule has 2 rings (SSSR count). The number of hydrogen-bond donors (Lipinski definition) is 4. The van der Waals surface area contributed by atoms with E-state index >= 15 is 0 Å². The number of nitrogens with one attached hydrogen (secondary N) is 2. The van der Waals surface area contributed by atoms with Crippen molar-refractivity contribution in [2.45, 2.75) is 4.90 Å². The molecular weight excluding hydrogens is 378 g/mol. The molecule has 0 aromatic heterocycles. The van der Waals surface area contributed by atoms with Gasteiger partial charge in [0.05, 0.1) is 30.8 Å². The number of aliphatic carboxylic acids is 2. The minimum atomic E-state index is -3.28. The molecule has 10 nitrogen and oxygen atoms in total. The monoisotopic (exact) mass is 399 g/mol. The minimum Gasteiger partial charge on any atom is -0.497 e. The molecule has 0 atom stereocenters. The number of aliphatic imine (C=N–C) groups is 1. The lowest BCUT2D eigenvalue weighted by atomic mass is 10.3. The van der Waals surface area contributed by atoms with Crippen LogP contribution in [-0.4, -0.2) is 69.4 Å². The topological polar surface area (TPSA) is 154 Å². The number of nitrogens with zero attached hydrogens (tertiary/aromatic N) is 1. The maximum absolute atomic E-state index is 11.7. The second-order valence-electron chi connectivity index (χ2n) is 5.25. The second kappa shape index (κ2) is 10.2.